The van der Waals surface area contributed by atoms with Crippen LogP contribution in [0.5, 0.6) is 0 Å². The molecule has 2 rings (SSSR count). The maximum atomic E-state index is 5.29. The zero-order valence-electron chi connectivity index (χ0n) is 8.84. The molecule has 2 aromatic rings. The molecule has 0 bridgehead atoms. The highest BCUT2D eigenvalue weighted by molar-refractivity contribution is 5.03. The van der Waals surface area contributed by atoms with Crippen molar-refractivity contribution in [2.45, 2.75) is 19.5 Å². The molecule has 0 amide bonds. The molecule has 1 N–H and O–H groups in total. The molecule has 0 spiro atoms. The molecule has 2 heterocycles. The molecule has 5 heteroatoms. The molecular formula is C10H14N4O. The normalized spacial score (nSPS) is 12.9. The summed E-state index contributed by atoms with van der Waals surface area (Å²) in [6.45, 7) is 2.74. The third kappa shape index (κ3) is 2.44. The van der Waals surface area contributed by atoms with Gasteiger partial charge in [0.25, 0.3) is 0 Å². The number of rotatable bonds is 4. The number of furan rings is 1. The fourth-order valence-electron chi connectivity index (χ4n) is 1.37. The third-order valence-corrected chi connectivity index (χ3v) is 2.21. The van der Waals surface area contributed by atoms with Gasteiger partial charge in [-0.15, -0.1) is 5.10 Å². The first kappa shape index (κ1) is 9.92. The van der Waals surface area contributed by atoms with Crippen molar-refractivity contribution < 1.29 is 4.42 Å². The van der Waals surface area contributed by atoms with Crippen LogP contribution < -0.4 is 5.32 Å². The molecule has 1 atom stereocenters. The first-order valence-corrected chi connectivity index (χ1v) is 4.87. The van der Waals surface area contributed by atoms with Crippen LogP contribution in [-0.2, 0) is 13.6 Å². The second-order valence-corrected chi connectivity index (χ2v) is 3.50. The van der Waals surface area contributed by atoms with E-state index in [0.717, 1.165) is 11.5 Å². The first-order valence-electron chi connectivity index (χ1n) is 4.87. The van der Waals surface area contributed by atoms with E-state index >= 15 is 0 Å². The van der Waals surface area contributed by atoms with Crippen LogP contribution in [0.1, 0.15) is 24.4 Å². The van der Waals surface area contributed by atoms with Crippen LogP contribution in [0.3, 0.4) is 0 Å². The highest BCUT2D eigenvalue weighted by Crippen LogP contribution is 2.12. The van der Waals surface area contributed by atoms with Crippen molar-refractivity contribution in [3.8, 4) is 0 Å². The summed E-state index contributed by atoms with van der Waals surface area (Å²) in [4.78, 5) is 0. The third-order valence-electron chi connectivity index (χ3n) is 2.21. The van der Waals surface area contributed by atoms with Gasteiger partial charge in [0.15, 0.2) is 0 Å². The zero-order valence-corrected chi connectivity index (χ0v) is 8.84. The van der Waals surface area contributed by atoms with Crippen LogP contribution in [0.4, 0.5) is 0 Å². The van der Waals surface area contributed by atoms with E-state index in [2.05, 4.69) is 22.6 Å². The minimum atomic E-state index is 0.182. The number of nitrogens with one attached hydrogen (secondary N) is 1. The van der Waals surface area contributed by atoms with E-state index in [4.69, 9.17) is 4.42 Å². The Hall–Kier alpha value is -1.62. The molecular weight excluding hydrogens is 192 g/mol. The lowest BCUT2D eigenvalue weighted by molar-refractivity contribution is 0.428. The lowest BCUT2D eigenvalue weighted by Crippen LogP contribution is -2.17. The van der Waals surface area contributed by atoms with Crippen LogP contribution in [0.15, 0.2) is 29.0 Å². The zero-order chi connectivity index (χ0) is 10.7. The summed E-state index contributed by atoms with van der Waals surface area (Å²) >= 11 is 0. The maximum absolute atomic E-state index is 5.29. The predicted octanol–water partition coefficient (Wildman–Crippen LogP) is 1.26. The topological polar surface area (TPSA) is 55.9 Å². The summed E-state index contributed by atoms with van der Waals surface area (Å²) in [5, 5.41) is 11.2. The smallest absolute Gasteiger partial charge is 0.120 e. The molecule has 0 unspecified atom stereocenters. The van der Waals surface area contributed by atoms with Gasteiger partial charge in [-0.25, -0.2) is 0 Å². The van der Waals surface area contributed by atoms with Crippen molar-refractivity contribution in [3.05, 3.63) is 36.0 Å². The van der Waals surface area contributed by atoms with Gasteiger partial charge in [0.2, 0.25) is 0 Å². The maximum Gasteiger partial charge on any atom is 0.120 e. The van der Waals surface area contributed by atoms with E-state index in [0.29, 0.717) is 6.54 Å². The fourth-order valence-corrected chi connectivity index (χ4v) is 1.37. The van der Waals surface area contributed by atoms with Crippen molar-refractivity contribution in [2.24, 2.45) is 7.05 Å². The van der Waals surface area contributed by atoms with Crippen molar-refractivity contribution in [2.75, 3.05) is 0 Å². The minimum Gasteiger partial charge on any atom is -0.468 e. The Morgan fingerprint density at radius 2 is 2.47 bits per heavy atom. The monoisotopic (exact) mass is 206 g/mol. The Morgan fingerprint density at radius 1 is 1.60 bits per heavy atom. The highest BCUT2D eigenvalue weighted by atomic mass is 16.3. The van der Waals surface area contributed by atoms with Crippen LogP contribution in [0.2, 0.25) is 0 Å². The quantitative estimate of drug-likeness (QED) is 0.818. The molecule has 0 fully saturated rings. The molecule has 0 saturated carbocycles. The molecule has 0 aliphatic carbocycles. The summed E-state index contributed by atoms with van der Waals surface area (Å²) in [5.41, 5.74) is 0.927. The molecule has 0 aliphatic heterocycles. The Labute approximate surface area is 88.1 Å². The van der Waals surface area contributed by atoms with Gasteiger partial charge in [0.05, 0.1) is 18.0 Å². The van der Waals surface area contributed by atoms with Gasteiger partial charge in [0.1, 0.15) is 5.76 Å². The first-order chi connectivity index (χ1) is 7.25. The molecule has 0 radical (unpaired) electrons. The number of aromatic nitrogens is 3. The Bertz CT molecular complexity index is 407. The lowest BCUT2D eigenvalue weighted by atomic mass is 10.2. The molecule has 15 heavy (non-hydrogen) atoms. The van der Waals surface area contributed by atoms with Crippen LogP contribution in [-0.4, -0.2) is 15.0 Å². The Balaban J connectivity index is 1.88. The molecule has 5 nitrogen and oxygen atoms in total. The van der Waals surface area contributed by atoms with Crippen molar-refractivity contribution in [1.29, 1.82) is 0 Å². The standard InChI is InChI=1S/C10H14N4O/c1-8(10-4-3-5-15-10)11-6-9-7-14(2)13-12-9/h3-5,7-8,11H,6H2,1-2H3/t8-/m0/s1. The second-order valence-electron chi connectivity index (χ2n) is 3.50. The lowest BCUT2D eigenvalue weighted by Gasteiger charge is -2.08. The van der Waals surface area contributed by atoms with E-state index in [-0.39, 0.29) is 6.04 Å². The van der Waals surface area contributed by atoms with E-state index < -0.39 is 0 Å². The SMILES string of the molecule is C[C@H](NCc1cn(C)nn1)c1ccco1. The summed E-state index contributed by atoms with van der Waals surface area (Å²) in [7, 11) is 1.85. The number of aryl methyl sites for hydroxylation is 1. The van der Waals surface area contributed by atoms with Gasteiger partial charge in [-0.1, -0.05) is 5.21 Å². The minimum absolute atomic E-state index is 0.182. The van der Waals surface area contributed by atoms with Crippen molar-refractivity contribution in [3.63, 3.8) is 0 Å². The van der Waals surface area contributed by atoms with Gasteiger partial charge in [-0.3, -0.25) is 4.68 Å². The van der Waals surface area contributed by atoms with Gasteiger partial charge < -0.3 is 9.73 Å². The Morgan fingerprint density at radius 3 is 3.07 bits per heavy atom. The average molecular weight is 206 g/mol. The molecule has 0 aliphatic rings. The van der Waals surface area contributed by atoms with E-state index in [1.165, 1.54) is 0 Å². The average Bonchev–Trinajstić information content (AvgIpc) is 2.84. The molecule has 0 saturated heterocycles. The summed E-state index contributed by atoms with van der Waals surface area (Å²) in [6, 6.07) is 4.02. The van der Waals surface area contributed by atoms with Crippen molar-refractivity contribution in [1.82, 2.24) is 20.3 Å². The van der Waals surface area contributed by atoms with Gasteiger partial charge in [-0.05, 0) is 19.1 Å². The van der Waals surface area contributed by atoms with Crippen LogP contribution in [0, 0.1) is 0 Å². The molecule has 0 aromatic carbocycles. The highest BCUT2D eigenvalue weighted by Gasteiger charge is 2.07. The van der Waals surface area contributed by atoms with Gasteiger partial charge in [-0.2, -0.15) is 0 Å². The number of nitrogens with zero attached hydrogens (tertiary/aromatic N) is 3. The van der Waals surface area contributed by atoms with E-state index in [1.807, 2.05) is 25.4 Å². The van der Waals surface area contributed by atoms with Crippen LogP contribution in [0.25, 0.3) is 0 Å². The number of hydrogen-bond donors (Lipinski definition) is 1. The number of hydrogen-bond acceptors (Lipinski definition) is 4. The fraction of sp³-hybridized carbons (Fsp3) is 0.400. The summed E-state index contributed by atoms with van der Waals surface area (Å²) < 4.78 is 6.97. The van der Waals surface area contributed by atoms with Crippen LogP contribution >= 0.6 is 0 Å². The van der Waals surface area contributed by atoms with Gasteiger partial charge >= 0.3 is 0 Å². The predicted molar refractivity (Wildman–Crippen MR) is 55.0 cm³/mol. The van der Waals surface area contributed by atoms with Crippen molar-refractivity contribution >= 4 is 0 Å². The van der Waals surface area contributed by atoms with E-state index in [9.17, 15) is 0 Å². The molecule has 80 valence electrons. The second kappa shape index (κ2) is 4.27. The summed E-state index contributed by atoms with van der Waals surface area (Å²) in [5.74, 6) is 0.930. The van der Waals surface area contributed by atoms with Gasteiger partial charge in [0, 0.05) is 19.8 Å². The largest absolute Gasteiger partial charge is 0.468 e. The molecule has 2 aromatic heterocycles. The van der Waals surface area contributed by atoms with E-state index in [1.54, 1.807) is 10.9 Å². The Kier molecular flexibility index (Phi) is 2.82. The summed E-state index contributed by atoms with van der Waals surface area (Å²) in [6.07, 6.45) is 3.57.